The molecule has 0 radical (unpaired) electrons. The predicted octanol–water partition coefficient (Wildman–Crippen LogP) is 3.18. The van der Waals surface area contributed by atoms with Gasteiger partial charge in [0, 0.05) is 18.0 Å². The molecule has 222 valence electrons. The van der Waals surface area contributed by atoms with Crippen molar-refractivity contribution in [2.45, 2.75) is 48.8 Å². The van der Waals surface area contributed by atoms with Crippen molar-refractivity contribution >= 4 is 45.2 Å². The van der Waals surface area contributed by atoms with Gasteiger partial charge in [0.25, 0.3) is 5.91 Å². The zero-order valence-corrected chi connectivity index (χ0v) is 22.5. The van der Waals surface area contributed by atoms with Gasteiger partial charge in [-0.25, -0.2) is 18.0 Å². The van der Waals surface area contributed by atoms with Crippen molar-refractivity contribution in [3.05, 3.63) is 53.6 Å². The third-order valence-corrected chi connectivity index (χ3v) is 7.34. The predicted molar refractivity (Wildman–Crippen MR) is 141 cm³/mol. The number of carbonyl (C=O) groups is 4. The molecular weight excluding hydrogens is 571 g/mol. The van der Waals surface area contributed by atoms with Crippen LogP contribution in [0.1, 0.15) is 41.6 Å². The van der Waals surface area contributed by atoms with E-state index in [0.717, 1.165) is 25.2 Å². The molecule has 12 nitrogen and oxygen atoms in total. The van der Waals surface area contributed by atoms with Crippen molar-refractivity contribution in [3.8, 4) is 0 Å². The van der Waals surface area contributed by atoms with Crippen molar-refractivity contribution < 1.29 is 45.9 Å². The minimum Gasteiger partial charge on any atom is -0.465 e. The Kier molecular flexibility index (Phi) is 9.80. The van der Waals surface area contributed by atoms with Gasteiger partial charge in [0.2, 0.25) is 5.91 Å². The SMILES string of the molecule is CS(=O)(=O)c1ccc(NC(=O)NC2CCCCC2NC(=O)CNC(=O)c2cc(C(F)(F)F)ccc2NC(=O)O)cc1. The number of halogens is 3. The first-order chi connectivity index (χ1) is 19.1. The van der Waals surface area contributed by atoms with Gasteiger partial charge < -0.3 is 26.4 Å². The summed E-state index contributed by atoms with van der Waals surface area (Å²) in [6.45, 7) is -0.621. The summed E-state index contributed by atoms with van der Waals surface area (Å²) in [5, 5.41) is 21.0. The highest BCUT2D eigenvalue weighted by Gasteiger charge is 2.32. The molecule has 16 heteroatoms. The van der Waals surface area contributed by atoms with Gasteiger partial charge in [-0.2, -0.15) is 13.2 Å². The van der Waals surface area contributed by atoms with Crippen LogP contribution in [0.3, 0.4) is 0 Å². The number of rotatable bonds is 8. The fourth-order valence-corrected chi connectivity index (χ4v) is 4.87. The summed E-state index contributed by atoms with van der Waals surface area (Å²) >= 11 is 0. The number of carbonyl (C=O) groups excluding carboxylic acids is 3. The van der Waals surface area contributed by atoms with E-state index in [0.29, 0.717) is 30.7 Å². The summed E-state index contributed by atoms with van der Waals surface area (Å²) in [6, 6.07) is 5.89. The first kappa shape index (κ1) is 31.2. The number of amides is 5. The van der Waals surface area contributed by atoms with Gasteiger partial charge in [0.15, 0.2) is 9.84 Å². The first-order valence-corrected chi connectivity index (χ1v) is 14.2. The highest BCUT2D eigenvalue weighted by Crippen LogP contribution is 2.32. The third-order valence-electron chi connectivity index (χ3n) is 6.21. The van der Waals surface area contributed by atoms with E-state index in [2.05, 4.69) is 21.3 Å². The average Bonchev–Trinajstić information content (AvgIpc) is 2.87. The molecule has 1 aliphatic carbocycles. The fraction of sp³-hybridized carbons (Fsp3) is 0.360. The number of sulfone groups is 1. The smallest absolute Gasteiger partial charge is 0.416 e. The van der Waals surface area contributed by atoms with Crippen LogP contribution in [0, 0.1) is 0 Å². The molecule has 0 heterocycles. The molecule has 0 aromatic heterocycles. The topological polar surface area (TPSA) is 183 Å². The summed E-state index contributed by atoms with van der Waals surface area (Å²) < 4.78 is 62.5. The largest absolute Gasteiger partial charge is 0.465 e. The van der Waals surface area contributed by atoms with Crippen molar-refractivity contribution in [1.82, 2.24) is 16.0 Å². The van der Waals surface area contributed by atoms with E-state index in [1.165, 1.54) is 24.3 Å². The van der Waals surface area contributed by atoms with Crippen molar-refractivity contribution in [3.63, 3.8) is 0 Å². The van der Waals surface area contributed by atoms with Gasteiger partial charge in [0.05, 0.1) is 34.3 Å². The third kappa shape index (κ3) is 9.09. The Hall–Kier alpha value is -4.34. The van der Waals surface area contributed by atoms with Crippen LogP contribution in [0.15, 0.2) is 47.4 Å². The minimum absolute atomic E-state index is 0.0908. The van der Waals surface area contributed by atoms with Gasteiger partial charge >= 0.3 is 18.3 Å². The van der Waals surface area contributed by atoms with E-state index in [1.807, 2.05) is 5.32 Å². The molecular formula is C25H28F3N5O7S. The molecule has 0 spiro atoms. The lowest BCUT2D eigenvalue weighted by molar-refractivity contribution is -0.137. The number of anilines is 2. The molecule has 1 saturated carbocycles. The number of urea groups is 1. The lowest BCUT2D eigenvalue weighted by Gasteiger charge is -2.32. The van der Waals surface area contributed by atoms with Crippen LogP contribution < -0.4 is 26.6 Å². The molecule has 3 rings (SSSR count). The van der Waals surface area contributed by atoms with Crippen molar-refractivity contribution in [2.24, 2.45) is 0 Å². The van der Waals surface area contributed by atoms with Crippen LogP contribution in [0.2, 0.25) is 0 Å². The van der Waals surface area contributed by atoms with E-state index in [-0.39, 0.29) is 4.90 Å². The summed E-state index contributed by atoms with van der Waals surface area (Å²) in [5.41, 5.74) is -1.84. The van der Waals surface area contributed by atoms with E-state index >= 15 is 0 Å². The molecule has 2 unspecified atom stereocenters. The van der Waals surface area contributed by atoms with Gasteiger partial charge in [-0.05, 0) is 55.3 Å². The van der Waals surface area contributed by atoms with E-state index in [4.69, 9.17) is 5.11 Å². The molecule has 2 aromatic carbocycles. The summed E-state index contributed by atoms with van der Waals surface area (Å²) in [4.78, 5) is 48.8. The molecule has 5 amide bonds. The lowest BCUT2D eigenvalue weighted by atomic mass is 9.90. The molecule has 41 heavy (non-hydrogen) atoms. The fourth-order valence-electron chi connectivity index (χ4n) is 4.24. The van der Waals surface area contributed by atoms with Crippen molar-refractivity contribution in [1.29, 1.82) is 0 Å². The van der Waals surface area contributed by atoms with Crippen LogP contribution in [-0.4, -0.2) is 62.3 Å². The van der Waals surface area contributed by atoms with Gasteiger partial charge in [-0.15, -0.1) is 0 Å². The molecule has 2 atom stereocenters. The number of carboxylic acid groups (broad SMARTS) is 1. The Morgan fingerprint density at radius 3 is 2.10 bits per heavy atom. The van der Waals surface area contributed by atoms with Gasteiger partial charge in [-0.3, -0.25) is 14.9 Å². The summed E-state index contributed by atoms with van der Waals surface area (Å²) in [5.74, 6) is -1.77. The summed E-state index contributed by atoms with van der Waals surface area (Å²) in [6.07, 6.45) is -2.76. The maximum absolute atomic E-state index is 13.1. The maximum Gasteiger partial charge on any atom is 0.416 e. The minimum atomic E-state index is -4.79. The molecule has 1 fully saturated rings. The Morgan fingerprint density at radius 1 is 0.927 bits per heavy atom. The number of alkyl halides is 3. The van der Waals surface area contributed by atoms with Gasteiger partial charge in [-0.1, -0.05) is 12.8 Å². The van der Waals surface area contributed by atoms with E-state index < -0.39 is 75.4 Å². The van der Waals surface area contributed by atoms with E-state index in [9.17, 15) is 40.8 Å². The second-order valence-electron chi connectivity index (χ2n) is 9.33. The number of hydrogen-bond acceptors (Lipinski definition) is 6. The van der Waals surface area contributed by atoms with Crippen LogP contribution in [0.5, 0.6) is 0 Å². The number of nitrogens with one attached hydrogen (secondary N) is 5. The first-order valence-electron chi connectivity index (χ1n) is 12.3. The van der Waals surface area contributed by atoms with Crippen LogP contribution in [0.4, 0.5) is 34.1 Å². The Morgan fingerprint density at radius 2 is 1.54 bits per heavy atom. The molecule has 0 bridgehead atoms. The maximum atomic E-state index is 13.1. The van der Waals surface area contributed by atoms with Crippen LogP contribution in [-0.2, 0) is 20.8 Å². The highest BCUT2D eigenvalue weighted by molar-refractivity contribution is 7.90. The standard InChI is InChI=1S/C25H28F3N5O7S/c1-41(39,40)16-9-7-15(8-10-16)30-23(36)32-20-5-3-2-4-19(20)31-21(34)13-29-22(35)17-12-14(25(26,27)28)6-11-18(17)33-24(37)38/h6-12,19-20,33H,2-5,13H2,1H3,(H,29,35)(H,31,34)(H,37,38)(H2,30,32,36). The normalized spacial score (nSPS) is 17.2. The Labute approximate surface area is 233 Å². The monoisotopic (exact) mass is 599 g/mol. The van der Waals surface area contributed by atoms with E-state index in [1.54, 1.807) is 0 Å². The van der Waals surface area contributed by atoms with Gasteiger partial charge in [0.1, 0.15) is 0 Å². The average molecular weight is 600 g/mol. The lowest BCUT2D eigenvalue weighted by Crippen LogP contribution is -2.55. The Bertz CT molecular complexity index is 1420. The molecule has 0 saturated heterocycles. The highest BCUT2D eigenvalue weighted by atomic mass is 32.2. The summed E-state index contributed by atoms with van der Waals surface area (Å²) in [7, 11) is -3.40. The van der Waals surface area contributed by atoms with Crippen LogP contribution >= 0.6 is 0 Å². The quantitative estimate of drug-likeness (QED) is 0.269. The Balaban J connectivity index is 1.59. The number of hydrogen-bond donors (Lipinski definition) is 6. The van der Waals surface area contributed by atoms with Crippen LogP contribution in [0.25, 0.3) is 0 Å². The molecule has 0 aliphatic heterocycles. The molecule has 6 N–H and O–H groups in total. The zero-order valence-electron chi connectivity index (χ0n) is 21.7. The number of benzene rings is 2. The molecule has 2 aromatic rings. The molecule has 1 aliphatic rings. The van der Waals surface area contributed by atoms with Crippen molar-refractivity contribution in [2.75, 3.05) is 23.4 Å². The second kappa shape index (κ2) is 12.9. The zero-order chi connectivity index (χ0) is 30.4. The second-order valence-corrected chi connectivity index (χ2v) is 11.3.